The molecular formula is C23H28N2O4S. The normalized spacial score (nSPS) is 14.1. The average molecular weight is 429 g/mol. The third-order valence-corrected chi connectivity index (χ3v) is 6.50. The number of carbonyl (C=O) groups excluding carboxylic acids is 3. The van der Waals surface area contributed by atoms with E-state index in [1.165, 1.54) is 16.9 Å². The van der Waals surface area contributed by atoms with E-state index in [4.69, 9.17) is 4.74 Å². The van der Waals surface area contributed by atoms with Gasteiger partial charge in [0, 0.05) is 10.8 Å². The quantitative estimate of drug-likeness (QED) is 0.614. The van der Waals surface area contributed by atoms with Gasteiger partial charge in [0.05, 0.1) is 11.6 Å². The zero-order chi connectivity index (χ0) is 21.8. The molecule has 6 nitrogen and oxygen atoms in total. The standard InChI is InChI=1S/C23H28N2O4S/c1-5-16-6-8-17(9-7-16)14(3)24-19(26)12-29-23(28)20-13(2)15(4)30-22(20)25-21(27)18-10-11-18/h6-9,14,18H,5,10-12H2,1-4H3,(H,24,26)(H,25,27). The summed E-state index contributed by atoms with van der Waals surface area (Å²) < 4.78 is 5.26. The Morgan fingerprint density at radius 2 is 1.83 bits per heavy atom. The van der Waals surface area contributed by atoms with Crippen molar-refractivity contribution in [2.75, 3.05) is 11.9 Å². The summed E-state index contributed by atoms with van der Waals surface area (Å²) >= 11 is 1.35. The maximum atomic E-state index is 12.7. The van der Waals surface area contributed by atoms with Gasteiger partial charge in [-0.3, -0.25) is 9.59 Å². The summed E-state index contributed by atoms with van der Waals surface area (Å²) in [5.41, 5.74) is 3.32. The highest BCUT2D eigenvalue weighted by atomic mass is 32.1. The van der Waals surface area contributed by atoms with Gasteiger partial charge in [0.2, 0.25) is 5.91 Å². The van der Waals surface area contributed by atoms with Crippen LogP contribution in [-0.4, -0.2) is 24.4 Å². The maximum Gasteiger partial charge on any atom is 0.341 e. The summed E-state index contributed by atoms with van der Waals surface area (Å²) in [5, 5.41) is 6.19. The van der Waals surface area contributed by atoms with Crippen molar-refractivity contribution in [3.63, 3.8) is 0 Å². The minimum Gasteiger partial charge on any atom is -0.452 e. The first kappa shape index (κ1) is 22.0. The molecule has 1 saturated carbocycles. The van der Waals surface area contributed by atoms with Crippen molar-refractivity contribution in [1.82, 2.24) is 5.32 Å². The summed E-state index contributed by atoms with van der Waals surface area (Å²) in [6.07, 6.45) is 2.73. The number of nitrogens with one attached hydrogen (secondary N) is 2. The van der Waals surface area contributed by atoms with Gasteiger partial charge in [0.25, 0.3) is 5.91 Å². The molecule has 1 atom stereocenters. The molecule has 0 radical (unpaired) electrons. The van der Waals surface area contributed by atoms with Gasteiger partial charge in [-0.1, -0.05) is 31.2 Å². The monoisotopic (exact) mass is 428 g/mol. The summed E-state index contributed by atoms with van der Waals surface area (Å²) in [6.45, 7) is 7.31. The number of hydrogen-bond donors (Lipinski definition) is 2. The second-order valence-electron chi connectivity index (χ2n) is 7.71. The molecule has 1 aliphatic carbocycles. The molecule has 3 rings (SSSR count). The molecule has 0 bridgehead atoms. The predicted molar refractivity (Wildman–Crippen MR) is 118 cm³/mol. The first-order valence-corrected chi connectivity index (χ1v) is 11.1. The van der Waals surface area contributed by atoms with E-state index >= 15 is 0 Å². The minimum atomic E-state index is -0.599. The van der Waals surface area contributed by atoms with Crippen LogP contribution in [-0.2, 0) is 20.7 Å². The molecule has 2 N–H and O–H groups in total. The fourth-order valence-electron chi connectivity index (χ4n) is 3.13. The van der Waals surface area contributed by atoms with Crippen LogP contribution in [0, 0.1) is 19.8 Å². The Kier molecular flexibility index (Phi) is 6.92. The largest absolute Gasteiger partial charge is 0.452 e. The number of aryl methyl sites for hydroxylation is 2. The van der Waals surface area contributed by atoms with Crippen LogP contribution in [0.4, 0.5) is 5.00 Å². The third kappa shape index (κ3) is 5.27. The van der Waals surface area contributed by atoms with Crippen molar-refractivity contribution >= 4 is 34.1 Å². The number of rotatable bonds is 8. The molecule has 1 unspecified atom stereocenters. The lowest BCUT2D eigenvalue weighted by Crippen LogP contribution is -2.31. The number of amides is 2. The molecule has 7 heteroatoms. The summed E-state index contributed by atoms with van der Waals surface area (Å²) in [4.78, 5) is 38.0. The van der Waals surface area contributed by atoms with E-state index in [9.17, 15) is 14.4 Å². The smallest absolute Gasteiger partial charge is 0.341 e. The number of carbonyl (C=O) groups is 3. The number of benzene rings is 1. The highest BCUT2D eigenvalue weighted by Crippen LogP contribution is 2.36. The van der Waals surface area contributed by atoms with E-state index in [0.717, 1.165) is 35.3 Å². The Hall–Kier alpha value is -2.67. The SMILES string of the molecule is CCc1ccc(C(C)NC(=O)COC(=O)c2c(NC(=O)C3CC3)sc(C)c2C)cc1. The number of esters is 1. The van der Waals surface area contributed by atoms with Crippen LogP contribution in [0.3, 0.4) is 0 Å². The molecule has 1 heterocycles. The second kappa shape index (κ2) is 9.43. The van der Waals surface area contributed by atoms with Crippen molar-refractivity contribution in [2.24, 2.45) is 5.92 Å². The molecule has 0 aliphatic heterocycles. The van der Waals surface area contributed by atoms with E-state index in [1.54, 1.807) is 0 Å². The molecule has 1 fully saturated rings. The second-order valence-corrected chi connectivity index (χ2v) is 8.94. The van der Waals surface area contributed by atoms with Crippen molar-refractivity contribution in [3.8, 4) is 0 Å². The first-order valence-electron chi connectivity index (χ1n) is 10.3. The Bertz CT molecular complexity index is 945. The van der Waals surface area contributed by atoms with Gasteiger partial charge in [-0.25, -0.2) is 4.79 Å². The highest BCUT2D eigenvalue weighted by molar-refractivity contribution is 7.16. The lowest BCUT2D eigenvalue weighted by Gasteiger charge is -2.15. The average Bonchev–Trinajstić information content (AvgIpc) is 3.53. The van der Waals surface area contributed by atoms with Gasteiger partial charge in [-0.05, 0) is 56.7 Å². The van der Waals surface area contributed by atoms with Crippen LogP contribution in [0.15, 0.2) is 24.3 Å². The van der Waals surface area contributed by atoms with Crippen molar-refractivity contribution in [3.05, 3.63) is 51.4 Å². The van der Waals surface area contributed by atoms with Crippen LogP contribution < -0.4 is 10.6 Å². The number of ether oxygens (including phenoxy) is 1. The van der Waals surface area contributed by atoms with Crippen molar-refractivity contribution in [1.29, 1.82) is 0 Å². The Morgan fingerprint density at radius 3 is 2.43 bits per heavy atom. The molecule has 0 saturated heterocycles. The molecule has 2 aromatic rings. The molecule has 30 heavy (non-hydrogen) atoms. The molecule has 2 amide bonds. The molecular weight excluding hydrogens is 400 g/mol. The summed E-state index contributed by atoms with van der Waals surface area (Å²) in [7, 11) is 0. The van der Waals surface area contributed by atoms with E-state index in [0.29, 0.717) is 10.6 Å². The van der Waals surface area contributed by atoms with Gasteiger partial charge in [-0.15, -0.1) is 11.3 Å². The summed E-state index contributed by atoms with van der Waals surface area (Å²) in [6, 6.07) is 7.86. The van der Waals surface area contributed by atoms with Crippen LogP contribution in [0.1, 0.15) is 64.7 Å². The lowest BCUT2D eigenvalue weighted by atomic mass is 10.1. The van der Waals surface area contributed by atoms with Crippen LogP contribution >= 0.6 is 11.3 Å². The van der Waals surface area contributed by atoms with E-state index in [-0.39, 0.29) is 30.4 Å². The molecule has 160 valence electrons. The third-order valence-electron chi connectivity index (χ3n) is 5.37. The lowest BCUT2D eigenvalue weighted by molar-refractivity contribution is -0.125. The fraction of sp³-hybridized carbons (Fsp3) is 0.435. The van der Waals surface area contributed by atoms with Crippen molar-refractivity contribution < 1.29 is 19.1 Å². The summed E-state index contributed by atoms with van der Waals surface area (Å²) in [5.74, 6) is -0.997. The molecule has 0 spiro atoms. The van der Waals surface area contributed by atoms with Gasteiger partial charge in [-0.2, -0.15) is 0 Å². The first-order chi connectivity index (χ1) is 14.3. The van der Waals surface area contributed by atoms with Crippen LogP contribution in [0.5, 0.6) is 0 Å². The van der Waals surface area contributed by atoms with E-state index < -0.39 is 5.97 Å². The Labute approximate surface area is 181 Å². The molecule has 1 aromatic carbocycles. The van der Waals surface area contributed by atoms with E-state index in [1.807, 2.05) is 45.0 Å². The fourth-order valence-corrected chi connectivity index (χ4v) is 4.18. The Morgan fingerprint density at radius 1 is 1.17 bits per heavy atom. The van der Waals surface area contributed by atoms with Gasteiger partial charge in [0.1, 0.15) is 5.00 Å². The number of anilines is 1. The van der Waals surface area contributed by atoms with Crippen molar-refractivity contribution in [2.45, 2.75) is 53.0 Å². The zero-order valence-corrected chi connectivity index (χ0v) is 18.7. The molecule has 1 aliphatic rings. The number of hydrogen-bond acceptors (Lipinski definition) is 5. The highest BCUT2D eigenvalue weighted by Gasteiger charge is 2.31. The van der Waals surface area contributed by atoms with Gasteiger partial charge < -0.3 is 15.4 Å². The topological polar surface area (TPSA) is 84.5 Å². The minimum absolute atomic E-state index is 0.0373. The van der Waals surface area contributed by atoms with Crippen LogP contribution in [0.2, 0.25) is 0 Å². The van der Waals surface area contributed by atoms with Crippen LogP contribution in [0.25, 0.3) is 0 Å². The zero-order valence-electron chi connectivity index (χ0n) is 17.8. The predicted octanol–water partition coefficient (Wildman–Crippen LogP) is 4.31. The van der Waals surface area contributed by atoms with E-state index in [2.05, 4.69) is 17.6 Å². The molecule has 1 aromatic heterocycles. The van der Waals surface area contributed by atoms with Gasteiger partial charge in [0.15, 0.2) is 6.61 Å². The Balaban J connectivity index is 1.58. The number of thiophene rings is 1. The maximum absolute atomic E-state index is 12.7. The van der Waals surface area contributed by atoms with Gasteiger partial charge >= 0.3 is 5.97 Å².